The second kappa shape index (κ2) is 4.57. The van der Waals surface area contributed by atoms with Crippen LogP contribution < -0.4 is 5.32 Å². The number of aryl methyl sites for hydroxylation is 1. The van der Waals surface area contributed by atoms with Gasteiger partial charge in [-0.2, -0.15) is 5.26 Å². The SMILES string of the molecule is CC(C)(C#N)CNC1CCCc2sccc21. The van der Waals surface area contributed by atoms with Crippen LogP contribution in [-0.2, 0) is 6.42 Å². The lowest BCUT2D eigenvalue weighted by Crippen LogP contribution is -2.32. The van der Waals surface area contributed by atoms with E-state index in [-0.39, 0.29) is 5.41 Å². The molecule has 2 nitrogen and oxygen atoms in total. The lowest BCUT2D eigenvalue weighted by molar-refractivity contribution is 0.380. The Kier molecular flexibility index (Phi) is 3.32. The van der Waals surface area contributed by atoms with Gasteiger partial charge in [0.1, 0.15) is 0 Å². The summed E-state index contributed by atoms with van der Waals surface area (Å²) in [6.45, 7) is 4.73. The number of nitrogens with one attached hydrogen (secondary N) is 1. The summed E-state index contributed by atoms with van der Waals surface area (Å²) >= 11 is 1.86. The molecule has 0 bridgehead atoms. The van der Waals surface area contributed by atoms with Crippen molar-refractivity contribution in [3.8, 4) is 6.07 Å². The Bertz CT molecular complexity index is 400. The van der Waals surface area contributed by atoms with E-state index in [1.807, 2.05) is 25.2 Å². The number of fused-ring (bicyclic) bond motifs is 1. The van der Waals surface area contributed by atoms with E-state index in [9.17, 15) is 0 Å². The van der Waals surface area contributed by atoms with Crippen molar-refractivity contribution in [2.24, 2.45) is 5.41 Å². The third-order valence-electron chi connectivity index (χ3n) is 3.14. The third kappa shape index (κ3) is 2.45. The van der Waals surface area contributed by atoms with Crippen LogP contribution >= 0.6 is 11.3 Å². The van der Waals surface area contributed by atoms with Crippen LogP contribution in [0.3, 0.4) is 0 Å². The van der Waals surface area contributed by atoms with E-state index in [0.29, 0.717) is 6.04 Å². The smallest absolute Gasteiger partial charge is 0.0697 e. The zero-order valence-electron chi connectivity index (χ0n) is 9.92. The maximum Gasteiger partial charge on any atom is 0.0697 e. The normalized spacial score (nSPS) is 20.2. The van der Waals surface area contributed by atoms with E-state index in [1.165, 1.54) is 29.7 Å². The first-order valence-electron chi connectivity index (χ1n) is 5.83. The molecule has 1 aliphatic rings. The van der Waals surface area contributed by atoms with Gasteiger partial charge in [-0.3, -0.25) is 0 Å². The van der Waals surface area contributed by atoms with E-state index >= 15 is 0 Å². The van der Waals surface area contributed by atoms with Gasteiger partial charge in [-0.25, -0.2) is 0 Å². The molecule has 1 aliphatic carbocycles. The number of thiophene rings is 1. The van der Waals surface area contributed by atoms with Crippen LogP contribution in [0.4, 0.5) is 0 Å². The highest BCUT2D eigenvalue weighted by molar-refractivity contribution is 7.10. The van der Waals surface area contributed by atoms with Gasteiger partial charge >= 0.3 is 0 Å². The van der Waals surface area contributed by atoms with Gasteiger partial charge in [0.05, 0.1) is 11.5 Å². The van der Waals surface area contributed by atoms with E-state index < -0.39 is 0 Å². The summed E-state index contributed by atoms with van der Waals surface area (Å²) in [4.78, 5) is 1.53. The maximum absolute atomic E-state index is 8.99. The molecule has 0 aliphatic heterocycles. The van der Waals surface area contributed by atoms with Crippen molar-refractivity contribution in [1.82, 2.24) is 5.32 Å². The van der Waals surface area contributed by atoms with Gasteiger partial charge in [-0.05, 0) is 50.1 Å². The molecule has 0 saturated heterocycles. The van der Waals surface area contributed by atoms with Crippen molar-refractivity contribution in [2.75, 3.05) is 6.54 Å². The lowest BCUT2D eigenvalue weighted by Gasteiger charge is -2.26. The third-order valence-corrected chi connectivity index (χ3v) is 4.14. The summed E-state index contributed by atoms with van der Waals surface area (Å²) in [5, 5.41) is 14.7. The highest BCUT2D eigenvalue weighted by Crippen LogP contribution is 2.33. The molecule has 2 rings (SSSR count). The largest absolute Gasteiger partial charge is 0.308 e. The fourth-order valence-corrected chi connectivity index (χ4v) is 3.10. The lowest BCUT2D eigenvalue weighted by atomic mass is 9.91. The average Bonchev–Trinajstić information content (AvgIpc) is 2.75. The molecular formula is C13H18N2S. The van der Waals surface area contributed by atoms with Crippen LogP contribution in [0.5, 0.6) is 0 Å². The zero-order chi connectivity index (χ0) is 11.6. The number of rotatable bonds is 3. The fourth-order valence-electron chi connectivity index (χ4n) is 2.12. The predicted octanol–water partition coefficient (Wildman–Crippen LogP) is 3.26. The first-order chi connectivity index (χ1) is 7.62. The van der Waals surface area contributed by atoms with Crippen LogP contribution in [0.1, 0.15) is 43.2 Å². The Hall–Kier alpha value is -0.850. The second-order valence-electron chi connectivity index (χ2n) is 5.12. The van der Waals surface area contributed by atoms with E-state index in [4.69, 9.17) is 5.26 Å². The quantitative estimate of drug-likeness (QED) is 0.871. The van der Waals surface area contributed by atoms with Gasteiger partial charge in [0, 0.05) is 17.5 Å². The monoisotopic (exact) mass is 234 g/mol. The van der Waals surface area contributed by atoms with Gasteiger partial charge in [0.2, 0.25) is 0 Å². The molecule has 3 heteroatoms. The molecule has 0 aromatic carbocycles. The number of nitriles is 1. The summed E-state index contributed by atoms with van der Waals surface area (Å²) in [5.41, 5.74) is 1.19. The molecule has 0 fully saturated rings. The minimum absolute atomic E-state index is 0.270. The molecule has 0 spiro atoms. The van der Waals surface area contributed by atoms with Gasteiger partial charge in [0.15, 0.2) is 0 Å². The standard InChI is InChI=1S/C13H18N2S/c1-13(2,8-14)9-15-11-4-3-5-12-10(11)6-7-16-12/h6-7,11,15H,3-5,9H2,1-2H3. The van der Waals surface area contributed by atoms with Gasteiger partial charge in [-0.1, -0.05) is 0 Å². The Morgan fingerprint density at radius 3 is 3.19 bits per heavy atom. The average molecular weight is 234 g/mol. The molecule has 0 radical (unpaired) electrons. The summed E-state index contributed by atoms with van der Waals surface area (Å²) < 4.78 is 0. The molecule has 16 heavy (non-hydrogen) atoms. The van der Waals surface area contributed by atoms with Crippen molar-refractivity contribution in [3.63, 3.8) is 0 Å². The van der Waals surface area contributed by atoms with Crippen LogP contribution in [0.15, 0.2) is 11.4 Å². The first-order valence-corrected chi connectivity index (χ1v) is 6.71. The van der Waals surface area contributed by atoms with Gasteiger partial charge < -0.3 is 5.32 Å². The Morgan fingerprint density at radius 1 is 1.62 bits per heavy atom. The topological polar surface area (TPSA) is 35.8 Å². The highest BCUT2D eigenvalue weighted by atomic mass is 32.1. The molecule has 1 unspecified atom stereocenters. The molecule has 86 valence electrons. The highest BCUT2D eigenvalue weighted by Gasteiger charge is 2.24. The van der Waals surface area contributed by atoms with Crippen LogP contribution in [0, 0.1) is 16.7 Å². The van der Waals surface area contributed by atoms with E-state index in [2.05, 4.69) is 22.8 Å². The first kappa shape index (κ1) is 11.6. The fraction of sp³-hybridized carbons (Fsp3) is 0.615. The van der Waals surface area contributed by atoms with Crippen molar-refractivity contribution >= 4 is 11.3 Å². The Labute approximate surface area is 101 Å². The Balaban J connectivity index is 2.01. The van der Waals surface area contributed by atoms with Crippen LogP contribution in [0.25, 0.3) is 0 Å². The molecule has 1 aromatic heterocycles. The van der Waals surface area contributed by atoms with Crippen molar-refractivity contribution in [2.45, 2.75) is 39.2 Å². The maximum atomic E-state index is 8.99. The number of nitrogens with zero attached hydrogens (tertiary/aromatic N) is 1. The molecule has 1 N–H and O–H groups in total. The zero-order valence-corrected chi connectivity index (χ0v) is 10.7. The minimum atomic E-state index is -0.270. The number of hydrogen-bond donors (Lipinski definition) is 1. The minimum Gasteiger partial charge on any atom is -0.308 e. The molecule has 0 amide bonds. The van der Waals surface area contributed by atoms with Crippen LogP contribution in [-0.4, -0.2) is 6.54 Å². The van der Waals surface area contributed by atoms with Crippen molar-refractivity contribution in [1.29, 1.82) is 5.26 Å². The summed E-state index contributed by atoms with van der Waals surface area (Å²) in [5.74, 6) is 0. The van der Waals surface area contributed by atoms with E-state index in [0.717, 1.165) is 6.54 Å². The number of hydrogen-bond acceptors (Lipinski definition) is 3. The van der Waals surface area contributed by atoms with Crippen molar-refractivity contribution < 1.29 is 0 Å². The summed E-state index contributed by atoms with van der Waals surface area (Å²) in [7, 11) is 0. The summed E-state index contributed by atoms with van der Waals surface area (Å²) in [6.07, 6.45) is 3.69. The predicted molar refractivity (Wildman–Crippen MR) is 67.4 cm³/mol. The van der Waals surface area contributed by atoms with Gasteiger partial charge in [0.25, 0.3) is 0 Å². The van der Waals surface area contributed by atoms with Gasteiger partial charge in [-0.15, -0.1) is 11.3 Å². The molecule has 1 atom stereocenters. The molecule has 0 saturated carbocycles. The van der Waals surface area contributed by atoms with E-state index in [1.54, 1.807) is 0 Å². The van der Waals surface area contributed by atoms with Crippen LogP contribution in [0.2, 0.25) is 0 Å². The molecular weight excluding hydrogens is 216 g/mol. The van der Waals surface area contributed by atoms with Crippen molar-refractivity contribution in [3.05, 3.63) is 21.9 Å². The molecule has 1 heterocycles. The summed E-state index contributed by atoms with van der Waals surface area (Å²) in [6, 6.07) is 5.03. The second-order valence-corrected chi connectivity index (χ2v) is 6.12. The Morgan fingerprint density at radius 2 is 2.44 bits per heavy atom. The molecule has 1 aromatic rings.